The number of rotatable bonds is 4. The Hall–Kier alpha value is -0.0900. The molecule has 18 heavy (non-hydrogen) atoms. The fourth-order valence-electron chi connectivity index (χ4n) is 2.32. The molecule has 2 rings (SSSR count). The largest absolute Gasteiger partial charge is 0.370 e. The summed E-state index contributed by atoms with van der Waals surface area (Å²) in [4.78, 5) is 12.0. The number of Topliss-reactive ketones (excluding diaryl/α,β-unsaturated/α-hetero) is 1. The molecule has 1 heterocycles. The lowest BCUT2D eigenvalue weighted by molar-refractivity contribution is 0.000770. The van der Waals surface area contributed by atoms with Crippen LogP contribution in [0.1, 0.15) is 43.0 Å². The Kier molecular flexibility index (Phi) is 5.07. The Bertz CT molecular complexity index is 431. The van der Waals surface area contributed by atoms with E-state index in [-0.39, 0.29) is 18.5 Å². The first-order valence-corrected chi connectivity index (χ1v) is 7.75. The Morgan fingerprint density at radius 2 is 2.17 bits per heavy atom. The van der Waals surface area contributed by atoms with E-state index < -0.39 is 0 Å². The average Bonchev–Trinajstić information content (AvgIpc) is 2.67. The molecule has 1 saturated carbocycles. The monoisotopic (exact) mass is 306 g/mol. The van der Waals surface area contributed by atoms with Crippen molar-refractivity contribution in [2.75, 3.05) is 6.61 Å². The first-order chi connectivity index (χ1) is 8.58. The van der Waals surface area contributed by atoms with Crippen LogP contribution in [0.5, 0.6) is 0 Å². The van der Waals surface area contributed by atoms with Crippen molar-refractivity contribution in [1.82, 2.24) is 0 Å². The zero-order chi connectivity index (χ0) is 13.1. The van der Waals surface area contributed by atoms with Gasteiger partial charge in [0.25, 0.3) is 0 Å². The van der Waals surface area contributed by atoms with Crippen molar-refractivity contribution in [2.24, 2.45) is 5.92 Å². The maximum absolute atomic E-state index is 12.0. The summed E-state index contributed by atoms with van der Waals surface area (Å²) in [5, 5.41) is 0. The highest BCUT2D eigenvalue weighted by Gasteiger charge is 2.23. The van der Waals surface area contributed by atoms with Gasteiger partial charge in [0.15, 0.2) is 5.78 Å². The minimum absolute atomic E-state index is 0.0825. The molecule has 2 unspecified atom stereocenters. The van der Waals surface area contributed by atoms with Gasteiger partial charge in [-0.2, -0.15) is 0 Å². The highest BCUT2D eigenvalue weighted by atomic mass is 35.5. The van der Waals surface area contributed by atoms with Gasteiger partial charge in [0.2, 0.25) is 0 Å². The van der Waals surface area contributed by atoms with Gasteiger partial charge in [-0.25, -0.2) is 0 Å². The van der Waals surface area contributed by atoms with Gasteiger partial charge < -0.3 is 4.74 Å². The Morgan fingerprint density at radius 3 is 2.78 bits per heavy atom. The molecule has 0 radical (unpaired) electrons. The molecule has 1 fully saturated rings. The standard InChI is InChI=1S/C13H16Cl2O2S/c1-8-4-2-3-5-11(8)17-7-10(16)9-6-12(14)18-13(9)15/h6,8,11H,2-5,7H2,1H3. The minimum atomic E-state index is -0.0825. The molecule has 2 atom stereocenters. The molecule has 5 heteroatoms. The summed E-state index contributed by atoms with van der Waals surface area (Å²) in [6.07, 6.45) is 4.89. The van der Waals surface area contributed by atoms with Crippen LogP contribution in [0.15, 0.2) is 6.07 Å². The molecule has 1 aliphatic carbocycles. The first-order valence-electron chi connectivity index (χ1n) is 6.17. The lowest BCUT2D eigenvalue weighted by Crippen LogP contribution is -2.27. The van der Waals surface area contributed by atoms with Crippen molar-refractivity contribution in [3.63, 3.8) is 0 Å². The summed E-state index contributed by atoms with van der Waals surface area (Å²) < 4.78 is 6.71. The number of hydrogen-bond donors (Lipinski definition) is 0. The van der Waals surface area contributed by atoms with E-state index in [1.807, 2.05) is 0 Å². The molecule has 0 N–H and O–H groups in total. The lowest BCUT2D eigenvalue weighted by atomic mass is 9.88. The van der Waals surface area contributed by atoms with Crippen LogP contribution in [0.4, 0.5) is 0 Å². The number of carbonyl (C=O) groups is 1. The quantitative estimate of drug-likeness (QED) is 0.745. The summed E-state index contributed by atoms with van der Waals surface area (Å²) in [6, 6.07) is 1.62. The fourth-order valence-corrected chi connectivity index (χ4v) is 3.82. The van der Waals surface area contributed by atoms with Gasteiger partial charge in [0.05, 0.1) is 16.0 Å². The molecular formula is C13H16Cl2O2S. The van der Waals surface area contributed by atoms with Crippen LogP contribution in [0.2, 0.25) is 8.67 Å². The normalized spacial score (nSPS) is 24.2. The molecule has 0 bridgehead atoms. The molecule has 0 amide bonds. The van der Waals surface area contributed by atoms with Crippen LogP contribution in [-0.2, 0) is 4.74 Å². The van der Waals surface area contributed by atoms with E-state index in [2.05, 4.69) is 6.92 Å². The second-order valence-corrected chi connectivity index (χ2v) is 7.06. The third-order valence-electron chi connectivity index (χ3n) is 3.42. The molecule has 0 saturated heterocycles. The van der Waals surface area contributed by atoms with Gasteiger partial charge in [-0.05, 0) is 24.8 Å². The van der Waals surface area contributed by atoms with Crippen molar-refractivity contribution in [3.8, 4) is 0 Å². The SMILES string of the molecule is CC1CCCCC1OCC(=O)c1cc(Cl)sc1Cl. The van der Waals surface area contributed by atoms with Gasteiger partial charge >= 0.3 is 0 Å². The molecule has 2 nitrogen and oxygen atoms in total. The van der Waals surface area contributed by atoms with Crippen LogP contribution < -0.4 is 0 Å². The first kappa shape index (κ1) is 14.3. The van der Waals surface area contributed by atoms with Gasteiger partial charge in [-0.15, -0.1) is 11.3 Å². The molecule has 1 aromatic heterocycles. The van der Waals surface area contributed by atoms with Crippen molar-refractivity contribution >= 4 is 40.3 Å². The zero-order valence-corrected chi connectivity index (χ0v) is 12.6. The van der Waals surface area contributed by atoms with Crippen molar-refractivity contribution in [1.29, 1.82) is 0 Å². The second-order valence-electron chi connectivity index (χ2n) is 4.77. The Balaban J connectivity index is 1.90. The lowest BCUT2D eigenvalue weighted by Gasteiger charge is -2.28. The van der Waals surface area contributed by atoms with Gasteiger partial charge in [-0.3, -0.25) is 4.79 Å². The number of ether oxygens (including phenoxy) is 1. The molecule has 100 valence electrons. The summed E-state index contributed by atoms with van der Waals surface area (Å²) in [6.45, 7) is 2.28. The van der Waals surface area contributed by atoms with Crippen molar-refractivity contribution < 1.29 is 9.53 Å². The maximum Gasteiger partial charge on any atom is 0.190 e. The number of hydrogen-bond acceptors (Lipinski definition) is 3. The number of halogens is 2. The van der Waals surface area contributed by atoms with Crippen molar-refractivity contribution in [3.05, 3.63) is 20.3 Å². The number of carbonyl (C=O) groups excluding carboxylic acids is 1. The molecule has 0 aliphatic heterocycles. The van der Waals surface area contributed by atoms with Gasteiger partial charge in [0, 0.05) is 0 Å². The smallest absolute Gasteiger partial charge is 0.190 e. The van der Waals surface area contributed by atoms with Crippen molar-refractivity contribution in [2.45, 2.75) is 38.7 Å². The van der Waals surface area contributed by atoms with Crippen LogP contribution in [0, 0.1) is 5.92 Å². The van der Waals surface area contributed by atoms with E-state index in [1.54, 1.807) is 6.07 Å². The summed E-state index contributed by atoms with van der Waals surface area (Å²) >= 11 is 13.0. The van der Waals surface area contributed by atoms with Crippen LogP contribution in [0.25, 0.3) is 0 Å². The van der Waals surface area contributed by atoms with Crippen LogP contribution >= 0.6 is 34.5 Å². The number of ketones is 1. The van der Waals surface area contributed by atoms with Crippen LogP contribution in [0.3, 0.4) is 0 Å². The number of thiophene rings is 1. The Labute approximate surface area is 121 Å². The second kappa shape index (κ2) is 6.38. The molecule has 0 aromatic carbocycles. The van der Waals surface area contributed by atoms with Crippen LogP contribution in [-0.4, -0.2) is 18.5 Å². The third-order valence-corrected chi connectivity index (χ3v) is 4.91. The molecule has 1 aliphatic rings. The van der Waals surface area contributed by atoms with E-state index in [4.69, 9.17) is 27.9 Å². The highest BCUT2D eigenvalue weighted by Crippen LogP contribution is 2.32. The molecule has 1 aromatic rings. The van der Waals surface area contributed by atoms with E-state index in [0.29, 0.717) is 20.2 Å². The topological polar surface area (TPSA) is 26.3 Å². The molecule has 0 spiro atoms. The third kappa shape index (κ3) is 3.47. The predicted molar refractivity (Wildman–Crippen MR) is 76.0 cm³/mol. The van der Waals surface area contributed by atoms with E-state index in [9.17, 15) is 4.79 Å². The van der Waals surface area contributed by atoms with E-state index in [0.717, 1.165) is 6.42 Å². The van der Waals surface area contributed by atoms with Gasteiger partial charge in [0.1, 0.15) is 10.9 Å². The van der Waals surface area contributed by atoms with Gasteiger partial charge in [-0.1, -0.05) is 43.0 Å². The average molecular weight is 307 g/mol. The Morgan fingerprint density at radius 1 is 1.44 bits per heavy atom. The summed E-state index contributed by atoms with van der Waals surface area (Å²) in [5.41, 5.74) is 0.482. The minimum Gasteiger partial charge on any atom is -0.370 e. The molecular weight excluding hydrogens is 291 g/mol. The fraction of sp³-hybridized carbons (Fsp3) is 0.615. The maximum atomic E-state index is 12.0. The predicted octanol–water partition coefficient (Wildman–Crippen LogP) is 4.83. The summed E-state index contributed by atoms with van der Waals surface area (Å²) in [5.74, 6) is 0.453. The van der Waals surface area contributed by atoms with E-state index in [1.165, 1.54) is 30.6 Å². The van der Waals surface area contributed by atoms with E-state index >= 15 is 0 Å². The zero-order valence-electron chi connectivity index (χ0n) is 10.2. The summed E-state index contributed by atoms with van der Waals surface area (Å²) in [7, 11) is 0. The highest BCUT2D eigenvalue weighted by molar-refractivity contribution is 7.20.